The Hall–Kier alpha value is -5.71. The number of fused-ring (bicyclic) bond motifs is 2. The third-order valence-corrected chi connectivity index (χ3v) is 14.4. The number of piperidine rings is 1. The number of aromatic nitrogens is 4. The summed E-state index contributed by atoms with van der Waals surface area (Å²) in [5.41, 5.74) is 0.879. The molecule has 2 saturated heterocycles. The van der Waals surface area contributed by atoms with Crippen LogP contribution in [0.3, 0.4) is 0 Å². The van der Waals surface area contributed by atoms with Gasteiger partial charge < -0.3 is 9.46 Å². The maximum absolute atomic E-state index is 16.1. The molecule has 5 aromatic rings. The van der Waals surface area contributed by atoms with Gasteiger partial charge in [-0.1, -0.05) is 6.92 Å². The van der Waals surface area contributed by atoms with Crippen molar-refractivity contribution in [3.05, 3.63) is 81.9 Å². The molecule has 3 aromatic carbocycles. The number of ether oxygens (including phenoxy) is 1. The van der Waals surface area contributed by atoms with Crippen LogP contribution in [0.4, 0.5) is 33.9 Å². The quantitative estimate of drug-likeness (QED) is 0.104. The zero-order chi connectivity index (χ0) is 44.4. The van der Waals surface area contributed by atoms with Crippen molar-refractivity contribution in [2.45, 2.75) is 82.2 Å². The molecule has 9 rings (SSSR count). The zero-order valence-corrected chi connectivity index (χ0v) is 35.8. The van der Waals surface area contributed by atoms with Gasteiger partial charge >= 0.3 is 6.03 Å². The molecule has 14 nitrogen and oxygen atoms in total. The predicted molar refractivity (Wildman–Crippen MR) is 230 cm³/mol. The van der Waals surface area contributed by atoms with E-state index < -0.39 is 42.0 Å². The van der Waals surface area contributed by atoms with Crippen LogP contribution in [0.15, 0.2) is 53.6 Å². The van der Waals surface area contributed by atoms with Gasteiger partial charge in [0.2, 0.25) is 5.91 Å². The van der Waals surface area contributed by atoms with Gasteiger partial charge in [-0.25, -0.2) is 31.6 Å². The Morgan fingerprint density at radius 3 is 2.51 bits per heavy atom. The number of nitriles is 1. The number of aryl methyl sites for hydroxylation is 1. The van der Waals surface area contributed by atoms with Gasteiger partial charge in [0.1, 0.15) is 23.2 Å². The van der Waals surface area contributed by atoms with E-state index in [0.29, 0.717) is 34.0 Å². The number of carbonyl (C=O) groups excluding carboxylic acids is 2. The standard InChI is InChI=1S/C44H46F4N10O4S/c1-4-54(2)63-53-36-8-6-33(45)39(31(36)22-49)62-27-5-7-35-29(17-27)41(60)58(24-50-35)26-20-43(21-26)13-9-25(10-14-43)56-15-11-32(44(47,48)23-56)28-19-37-30(18-34(28)46)40(52-55(37)3)57-16-12-38(59)51-42(57)61/h5-8,17-19,24-26,32,53H,4,9-16,20-21,23H2,1-3H3,(H,51,59,61)/t25?,26?,32-,43?/m0/s1. The van der Waals surface area contributed by atoms with Crippen molar-refractivity contribution in [3.8, 4) is 17.6 Å². The fourth-order valence-corrected chi connectivity index (χ4v) is 10.4. The minimum atomic E-state index is -3.20. The van der Waals surface area contributed by atoms with Gasteiger partial charge in [-0.15, -0.1) is 0 Å². The first-order valence-electron chi connectivity index (χ1n) is 21.1. The number of amides is 3. The molecule has 4 heterocycles. The lowest BCUT2D eigenvalue weighted by molar-refractivity contribution is -0.120. The number of urea groups is 1. The number of anilines is 2. The average Bonchev–Trinajstić information content (AvgIpc) is 3.56. The van der Waals surface area contributed by atoms with Crippen molar-refractivity contribution >= 4 is 57.4 Å². The first-order chi connectivity index (χ1) is 30.2. The molecule has 1 atom stereocenters. The Kier molecular flexibility index (Phi) is 11.1. The van der Waals surface area contributed by atoms with Gasteiger partial charge in [-0.2, -0.15) is 10.4 Å². The van der Waals surface area contributed by atoms with Crippen molar-refractivity contribution in [2.24, 2.45) is 12.5 Å². The summed E-state index contributed by atoms with van der Waals surface area (Å²) in [7, 11) is 3.48. The lowest BCUT2D eigenvalue weighted by atomic mass is 9.57. The van der Waals surface area contributed by atoms with Crippen LogP contribution < -0.4 is 25.2 Å². The highest BCUT2D eigenvalue weighted by molar-refractivity contribution is 7.98. The van der Waals surface area contributed by atoms with E-state index in [1.807, 2.05) is 29.2 Å². The first-order valence-corrected chi connectivity index (χ1v) is 21.9. The van der Waals surface area contributed by atoms with Gasteiger partial charge in [0.15, 0.2) is 17.4 Å². The summed E-state index contributed by atoms with van der Waals surface area (Å²) >= 11 is 1.26. The van der Waals surface area contributed by atoms with Gasteiger partial charge in [-0.05, 0) is 112 Å². The SMILES string of the molecule is CCN(C)SNc1ccc(F)c(Oc2ccc3ncn(C4CC5(CCC(N6CC[C@@H](c7cc8c(cc7F)c(N7CCC(=O)NC7=O)nn8C)C(F)(F)C6)CC5)C4)c(=O)c3c2)c1C#N. The van der Waals surface area contributed by atoms with Crippen LogP contribution in [0.5, 0.6) is 11.5 Å². The number of benzene rings is 3. The summed E-state index contributed by atoms with van der Waals surface area (Å²) in [5.74, 6) is -6.38. The molecule has 0 radical (unpaired) electrons. The highest BCUT2D eigenvalue weighted by Crippen LogP contribution is 2.57. The number of nitrogens with one attached hydrogen (secondary N) is 2. The number of hydrogen-bond donors (Lipinski definition) is 2. The minimum Gasteiger partial charge on any atom is -0.453 e. The summed E-state index contributed by atoms with van der Waals surface area (Å²) in [6.45, 7) is 2.68. The molecule has 19 heteroatoms. The van der Waals surface area contributed by atoms with E-state index >= 15 is 17.6 Å². The van der Waals surface area contributed by atoms with E-state index in [-0.39, 0.29) is 70.9 Å². The molecule has 2 saturated carbocycles. The van der Waals surface area contributed by atoms with E-state index in [9.17, 15) is 19.6 Å². The van der Waals surface area contributed by atoms with Crippen LogP contribution in [-0.4, -0.2) is 85.7 Å². The lowest BCUT2D eigenvalue weighted by Gasteiger charge is -2.54. The summed E-state index contributed by atoms with van der Waals surface area (Å²) in [6, 6.07) is 11.2. The molecule has 0 unspecified atom stereocenters. The molecule has 4 fully saturated rings. The van der Waals surface area contributed by atoms with Crippen molar-refractivity contribution in [2.75, 3.05) is 42.8 Å². The maximum atomic E-state index is 16.1. The third kappa shape index (κ3) is 7.86. The number of likely N-dealkylation sites (tertiary alicyclic amines) is 1. The molecule has 0 bridgehead atoms. The smallest absolute Gasteiger partial charge is 0.329 e. The average molecular weight is 887 g/mol. The first kappa shape index (κ1) is 42.6. The molecule has 63 heavy (non-hydrogen) atoms. The van der Waals surface area contributed by atoms with Crippen LogP contribution in [-0.2, 0) is 11.8 Å². The molecule has 2 aliphatic carbocycles. The van der Waals surface area contributed by atoms with E-state index in [2.05, 4.69) is 20.1 Å². The summed E-state index contributed by atoms with van der Waals surface area (Å²) in [6.07, 6.45) is 6.32. The Bertz CT molecular complexity index is 2740. The predicted octanol–water partition coefficient (Wildman–Crippen LogP) is 7.99. The molecular formula is C44H46F4N10O4S. The number of imide groups is 1. The Morgan fingerprint density at radius 1 is 1.02 bits per heavy atom. The molecule has 3 amide bonds. The molecule has 2 aromatic heterocycles. The van der Waals surface area contributed by atoms with Crippen LogP contribution in [0.1, 0.15) is 81.4 Å². The van der Waals surface area contributed by atoms with Crippen molar-refractivity contribution in [3.63, 3.8) is 0 Å². The van der Waals surface area contributed by atoms with Gasteiger partial charge in [0.05, 0.1) is 40.9 Å². The zero-order valence-electron chi connectivity index (χ0n) is 35.0. The van der Waals surface area contributed by atoms with Crippen LogP contribution in [0, 0.1) is 28.4 Å². The Labute approximate surface area is 364 Å². The van der Waals surface area contributed by atoms with Gasteiger partial charge in [0, 0.05) is 56.2 Å². The van der Waals surface area contributed by atoms with Crippen LogP contribution >= 0.6 is 12.1 Å². The summed E-state index contributed by atoms with van der Waals surface area (Å²) in [5, 5.41) is 17.1. The van der Waals surface area contributed by atoms with Crippen LogP contribution in [0.2, 0.25) is 0 Å². The maximum Gasteiger partial charge on any atom is 0.329 e. The monoisotopic (exact) mass is 886 g/mol. The van der Waals surface area contributed by atoms with Crippen molar-refractivity contribution in [1.29, 1.82) is 5.26 Å². The molecular weight excluding hydrogens is 841 g/mol. The largest absolute Gasteiger partial charge is 0.453 e. The second kappa shape index (κ2) is 16.4. The summed E-state index contributed by atoms with van der Waals surface area (Å²) < 4.78 is 77.0. The topological polar surface area (TPSA) is 154 Å². The second-order valence-corrected chi connectivity index (χ2v) is 18.3. The van der Waals surface area contributed by atoms with E-state index in [1.165, 1.54) is 52.0 Å². The van der Waals surface area contributed by atoms with E-state index in [0.717, 1.165) is 45.1 Å². The number of nitrogens with zero attached hydrogens (tertiary/aromatic N) is 8. The highest BCUT2D eigenvalue weighted by atomic mass is 32.2. The highest BCUT2D eigenvalue weighted by Gasteiger charge is 2.51. The lowest BCUT2D eigenvalue weighted by Crippen LogP contribution is -2.54. The Balaban J connectivity index is 0.836. The van der Waals surface area contributed by atoms with E-state index in [4.69, 9.17) is 4.74 Å². The Morgan fingerprint density at radius 2 is 1.79 bits per heavy atom. The van der Waals surface area contributed by atoms with Gasteiger partial charge in [-0.3, -0.25) is 34.0 Å². The fourth-order valence-electron chi connectivity index (χ4n) is 9.89. The second-order valence-electron chi connectivity index (χ2n) is 17.2. The summed E-state index contributed by atoms with van der Waals surface area (Å²) in [4.78, 5) is 45.7. The van der Waals surface area contributed by atoms with Crippen molar-refractivity contribution < 1.29 is 31.9 Å². The molecule has 2 N–H and O–H groups in total. The van der Waals surface area contributed by atoms with Gasteiger partial charge in [0.25, 0.3) is 11.5 Å². The minimum absolute atomic E-state index is 0.0129. The normalized spacial score (nSPS) is 23.9. The number of halogens is 4. The molecule has 4 aliphatic rings. The number of rotatable bonds is 10. The molecule has 1 spiro atoms. The van der Waals surface area contributed by atoms with Crippen molar-refractivity contribution in [1.82, 2.24) is 33.9 Å². The molecule has 2 aliphatic heterocycles. The third-order valence-electron chi connectivity index (χ3n) is 13.5. The molecule has 330 valence electrons. The number of alkyl halides is 2. The van der Waals surface area contributed by atoms with Crippen LogP contribution in [0.25, 0.3) is 21.8 Å². The number of hydrogen-bond acceptors (Lipinski definition) is 11. The number of carbonyl (C=O) groups is 2. The van der Waals surface area contributed by atoms with E-state index in [1.54, 1.807) is 30.1 Å². The fraction of sp³-hybridized carbons (Fsp3) is 0.455.